The molecule has 3 aromatic rings. The number of nitrogens with one attached hydrogen (secondary N) is 1. The molecular weight excluding hydrogens is 566 g/mol. The third-order valence-corrected chi connectivity index (χ3v) is 8.75. The van der Waals surface area contributed by atoms with E-state index in [-0.39, 0.29) is 54.8 Å². The van der Waals surface area contributed by atoms with Gasteiger partial charge in [0, 0.05) is 48.7 Å². The van der Waals surface area contributed by atoms with E-state index in [0.29, 0.717) is 60.6 Å². The second-order valence-electron chi connectivity index (χ2n) is 11.9. The number of carbonyl (C=O) groups excluding carboxylic acids is 3. The number of pyridine rings is 2. The molecule has 2 N–H and O–H groups in total. The van der Waals surface area contributed by atoms with Gasteiger partial charge in [0.25, 0.3) is 5.56 Å². The first-order chi connectivity index (χ1) is 21.0. The Kier molecular flexibility index (Phi) is 7.66. The normalized spacial score (nSPS) is 19.4. The number of ether oxygens (including phenoxy) is 2. The van der Waals surface area contributed by atoms with Gasteiger partial charge in [-0.3, -0.25) is 14.5 Å². The highest BCUT2D eigenvalue weighted by Gasteiger charge is 2.45. The highest BCUT2D eigenvalue weighted by molar-refractivity contribution is 5.93. The van der Waals surface area contributed by atoms with E-state index >= 15 is 0 Å². The second kappa shape index (κ2) is 11.3. The SMILES string of the molecule is CCc1ccc(OC(=O)N2CCN(CC(=O)NC(C)C)CC2)c2cc3c(nc12)-c1cc2c(c(=O)n1C3)COC(=O)[C@]2(O)CC. The van der Waals surface area contributed by atoms with Crippen LogP contribution in [-0.4, -0.2) is 81.2 Å². The zero-order valence-electron chi connectivity index (χ0n) is 25.4. The molecule has 0 unspecified atom stereocenters. The number of cyclic esters (lactones) is 1. The summed E-state index contributed by atoms with van der Waals surface area (Å²) in [5.74, 6) is -0.427. The largest absolute Gasteiger partial charge is 0.458 e. The summed E-state index contributed by atoms with van der Waals surface area (Å²) in [6.07, 6.45) is 0.274. The average Bonchev–Trinajstić information content (AvgIpc) is 3.36. The van der Waals surface area contributed by atoms with E-state index in [1.54, 1.807) is 28.5 Å². The standard InChI is InChI=1S/C32H37N5O7/c1-5-19-7-8-25(44-31(41)36-11-9-35(10-12-36)16-26(38)33-18(3)4)21-13-20-15-37-24(28(20)34-27(19)21)14-23-22(29(37)39)17-43-30(40)32(23,42)6-2/h7-8,13-14,18,42H,5-6,9-12,15-17H2,1-4H3,(H,33,38)/t32-/m0/s1. The van der Waals surface area contributed by atoms with Gasteiger partial charge in [-0.2, -0.15) is 0 Å². The lowest BCUT2D eigenvalue weighted by Gasteiger charge is -2.33. The zero-order chi connectivity index (χ0) is 31.3. The molecule has 3 aliphatic heterocycles. The molecule has 0 bridgehead atoms. The zero-order valence-corrected chi connectivity index (χ0v) is 25.4. The number of amides is 2. The fourth-order valence-electron chi connectivity index (χ4n) is 6.29. The summed E-state index contributed by atoms with van der Waals surface area (Å²) in [6, 6.07) is 7.33. The van der Waals surface area contributed by atoms with Crippen LogP contribution in [0.25, 0.3) is 22.3 Å². The Morgan fingerprint density at radius 2 is 1.89 bits per heavy atom. The van der Waals surface area contributed by atoms with Crippen LogP contribution in [0.2, 0.25) is 0 Å². The minimum Gasteiger partial charge on any atom is -0.458 e. The van der Waals surface area contributed by atoms with E-state index in [9.17, 15) is 24.3 Å². The number of hydrogen-bond acceptors (Lipinski definition) is 9. The molecule has 44 heavy (non-hydrogen) atoms. The first kappa shape index (κ1) is 29.8. The van der Waals surface area contributed by atoms with Crippen LogP contribution in [0.4, 0.5) is 4.79 Å². The first-order valence-corrected chi connectivity index (χ1v) is 15.1. The summed E-state index contributed by atoms with van der Waals surface area (Å²) in [6.45, 7) is 9.86. The van der Waals surface area contributed by atoms with Crippen molar-refractivity contribution < 1.29 is 29.0 Å². The number of benzene rings is 1. The van der Waals surface area contributed by atoms with Gasteiger partial charge < -0.3 is 29.4 Å². The van der Waals surface area contributed by atoms with Gasteiger partial charge in [-0.25, -0.2) is 14.6 Å². The van der Waals surface area contributed by atoms with E-state index < -0.39 is 17.7 Å². The smallest absolute Gasteiger partial charge is 0.415 e. The molecule has 0 spiro atoms. The molecule has 2 amide bonds. The molecule has 6 rings (SSSR count). The molecule has 0 aliphatic carbocycles. The highest BCUT2D eigenvalue weighted by Crippen LogP contribution is 2.40. The van der Waals surface area contributed by atoms with Gasteiger partial charge in [-0.15, -0.1) is 0 Å². The van der Waals surface area contributed by atoms with Crippen LogP contribution in [0, 0.1) is 0 Å². The number of carbonyl (C=O) groups is 3. The van der Waals surface area contributed by atoms with E-state index in [2.05, 4.69) is 5.32 Å². The molecule has 1 aromatic carbocycles. The lowest BCUT2D eigenvalue weighted by atomic mass is 9.86. The maximum Gasteiger partial charge on any atom is 0.415 e. The van der Waals surface area contributed by atoms with Crippen molar-refractivity contribution >= 4 is 28.9 Å². The van der Waals surface area contributed by atoms with Crippen LogP contribution in [0.3, 0.4) is 0 Å². The third kappa shape index (κ3) is 5.01. The van der Waals surface area contributed by atoms with Crippen molar-refractivity contribution in [1.82, 2.24) is 24.7 Å². The monoisotopic (exact) mass is 603 g/mol. The molecular formula is C32H37N5O7. The summed E-state index contributed by atoms with van der Waals surface area (Å²) >= 11 is 0. The number of aryl methyl sites for hydroxylation is 1. The average molecular weight is 604 g/mol. The molecule has 0 radical (unpaired) electrons. The van der Waals surface area contributed by atoms with E-state index in [1.807, 2.05) is 37.8 Å². The molecule has 1 fully saturated rings. The van der Waals surface area contributed by atoms with Gasteiger partial charge in [0.2, 0.25) is 5.91 Å². The number of piperazine rings is 1. The Bertz CT molecular complexity index is 1740. The topological polar surface area (TPSA) is 143 Å². The Balaban J connectivity index is 1.29. The minimum atomic E-state index is -1.90. The molecule has 12 nitrogen and oxygen atoms in total. The van der Waals surface area contributed by atoms with Crippen LogP contribution in [0.1, 0.15) is 56.4 Å². The Morgan fingerprint density at radius 3 is 2.57 bits per heavy atom. The van der Waals surface area contributed by atoms with Gasteiger partial charge >= 0.3 is 12.1 Å². The van der Waals surface area contributed by atoms with E-state index in [4.69, 9.17) is 14.5 Å². The van der Waals surface area contributed by atoms with Crippen LogP contribution in [0.15, 0.2) is 29.1 Å². The van der Waals surface area contributed by atoms with Gasteiger partial charge in [0.1, 0.15) is 12.4 Å². The van der Waals surface area contributed by atoms with E-state index in [1.165, 1.54) is 0 Å². The van der Waals surface area contributed by atoms with Crippen LogP contribution in [-0.2, 0) is 39.5 Å². The lowest BCUT2D eigenvalue weighted by Crippen LogP contribution is -2.52. The van der Waals surface area contributed by atoms with Crippen molar-refractivity contribution in [2.45, 2.75) is 65.3 Å². The number of hydrogen-bond donors (Lipinski definition) is 2. The molecule has 1 saturated heterocycles. The van der Waals surface area contributed by atoms with Gasteiger partial charge in [-0.05, 0) is 50.5 Å². The summed E-state index contributed by atoms with van der Waals surface area (Å²) in [4.78, 5) is 60.1. The van der Waals surface area contributed by atoms with Crippen molar-refractivity contribution in [1.29, 1.82) is 0 Å². The maximum absolute atomic E-state index is 13.5. The van der Waals surface area contributed by atoms with Crippen LogP contribution >= 0.6 is 0 Å². The fraction of sp³-hybridized carbons (Fsp3) is 0.469. The summed E-state index contributed by atoms with van der Waals surface area (Å²) in [5, 5.41) is 14.7. The van der Waals surface area contributed by atoms with Gasteiger partial charge in [0.05, 0.1) is 35.6 Å². The van der Waals surface area contributed by atoms with Crippen LogP contribution in [0.5, 0.6) is 5.75 Å². The fourth-order valence-corrected chi connectivity index (χ4v) is 6.29. The molecule has 5 heterocycles. The van der Waals surface area contributed by atoms with Crippen molar-refractivity contribution in [2.24, 2.45) is 0 Å². The predicted octanol–water partition coefficient (Wildman–Crippen LogP) is 2.28. The van der Waals surface area contributed by atoms with Gasteiger partial charge in [0.15, 0.2) is 5.60 Å². The highest BCUT2D eigenvalue weighted by atomic mass is 16.6. The molecule has 0 saturated carbocycles. The Morgan fingerprint density at radius 1 is 1.14 bits per heavy atom. The number of nitrogens with zero attached hydrogens (tertiary/aromatic N) is 4. The second-order valence-corrected chi connectivity index (χ2v) is 11.9. The summed E-state index contributed by atoms with van der Waals surface area (Å²) in [7, 11) is 0. The Hall–Kier alpha value is -4.29. The van der Waals surface area contributed by atoms with Gasteiger partial charge in [-0.1, -0.05) is 19.9 Å². The molecule has 1 atom stereocenters. The molecule has 3 aliphatic rings. The lowest BCUT2D eigenvalue weighted by molar-refractivity contribution is -0.172. The molecule has 232 valence electrons. The number of aliphatic hydroxyl groups is 1. The summed E-state index contributed by atoms with van der Waals surface area (Å²) < 4.78 is 12.7. The van der Waals surface area contributed by atoms with Crippen molar-refractivity contribution in [2.75, 3.05) is 32.7 Å². The number of esters is 1. The minimum absolute atomic E-state index is 0.0361. The molecule has 12 heteroatoms. The maximum atomic E-state index is 13.5. The number of fused-ring (bicyclic) bond motifs is 5. The summed E-state index contributed by atoms with van der Waals surface area (Å²) in [5.41, 5.74) is 1.78. The number of aromatic nitrogens is 2. The van der Waals surface area contributed by atoms with Crippen molar-refractivity contribution in [3.63, 3.8) is 0 Å². The van der Waals surface area contributed by atoms with Crippen LogP contribution < -0.4 is 15.6 Å². The third-order valence-electron chi connectivity index (χ3n) is 8.75. The quantitative estimate of drug-likeness (QED) is 0.317. The molecule has 2 aromatic heterocycles. The first-order valence-electron chi connectivity index (χ1n) is 15.1. The Labute approximate surface area is 254 Å². The predicted molar refractivity (Wildman–Crippen MR) is 161 cm³/mol. The van der Waals surface area contributed by atoms with Crippen molar-refractivity contribution in [3.05, 3.63) is 56.9 Å². The number of rotatable bonds is 6. The van der Waals surface area contributed by atoms with E-state index in [0.717, 1.165) is 11.1 Å². The van der Waals surface area contributed by atoms with Crippen molar-refractivity contribution in [3.8, 4) is 17.1 Å².